The van der Waals surface area contributed by atoms with E-state index < -0.39 is 5.41 Å². The number of urea groups is 1. The Balaban J connectivity index is 2.33. The summed E-state index contributed by atoms with van der Waals surface area (Å²) in [6, 6.07) is 6.50. The lowest BCUT2D eigenvalue weighted by molar-refractivity contribution is -0.128. The van der Waals surface area contributed by atoms with Crippen LogP contribution in [0.3, 0.4) is 0 Å². The van der Waals surface area contributed by atoms with Gasteiger partial charge in [0.25, 0.3) is 0 Å². The molecule has 1 rings (SSSR count). The van der Waals surface area contributed by atoms with Crippen molar-refractivity contribution >= 4 is 29.2 Å². The first kappa shape index (κ1) is 21.2. The average Bonchev–Trinajstić information content (AvgIpc) is 2.57. The first-order chi connectivity index (χ1) is 12.2. The summed E-state index contributed by atoms with van der Waals surface area (Å²) in [6.07, 6.45) is 2.47. The minimum atomic E-state index is -0.430. The van der Waals surface area contributed by atoms with E-state index in [4.69, 9.17) is 0 Å². The van der Waals surface area contributed by atoms with Crippen LogP contribution >= 0.6 is 0 Å². The molecule has 142 valence electrons. The predicted molar refractivity (Wildman–Crippen MR) is 104 cm³/mol. The maximum Gasteiger partial charge on any atom is 0.319 e. The lowest BCUT2D eigenvalue weighted by Crippen LogP contribution is -2.35. The van der Waals surface area contributed by atoms with Gasteiger partial charge in [-0.05, 0) is 30.7 Å². The van der Waals surface area contributed by atoms with Gasteiger partial charge in [-0.2, -0.15) is 0 Å². The Labute approximate surface area is 154 Å². The summed E-state index contributed by atoms with van der Waals surface area (Å²) in [5.41, 5.74) is 0.834. The van der Waals surface area contributed by atoms with E-state index in [-0.39, 0.29) is 17.8 Å². The number of hydrogen-bond donors (Lipinski definition) is 4. The summed E-state index contributed by atoms with van der Waals surface area (Å²) in [5.74, 6) is -0.155. The normalized spacial score (nSPS) is 10.6. The molecule has 0 spiro atoms. The zero-order valence-corrected chi connectivity index (χ0v) is 15.6. The molecule has 0 aromatic heterocycles. The molecule has 0 atom stereocenters. The number of benzene rings is 1. The molecule has 1 aromatic rings. The summed E-state index contributed by atoms with van der Waals surface area (Å²) in [6.45, 7) is 9.90. The van der Waals surface area contributed by atoms with Crippen molar-refractivity contribution in [2.45, 2.75) is 33.6 Å². The minimum Gasteiger partial charge on any atom is -0.356 e. The molecule has 0 bridgehead atoms. The van der Waals surface area contributed by atoms with Gasteiger partial charge < -0.3 is 21.3 Å². The lowest BCUT2D eigenvalue weighted by atomic mass is 9.96. The lowest BCUT2D eigenvalue weighted by Gasteiger charge is -2.17. The number of hydrogen-bond acceptors (Lipinski definition) is 3. The maximum atomic E-state index is 11.9. The van der Waals surface area contributed by atoms with E-state index in [1.807, 2.05) is 20.8 Å². The van der Waals surface area contributed by atoms with Gasteiger partial charge in [0.05, 0.1) is 0 Å². The number of carbonyl (C=O) groups is 3. The highest BCUT2D eigenvalue weighted by molar-refractivity contribution is 5.92. The molecule has 0 fully saturated rings. The Bertz CT molecular complexity index is 633. The molecule has 0 aliphatic carbocycles. The zero-order chi connectivity index (χ0) is 19.6. The van der Waals surface area contributed by atoms with Crippen LogP contribution in [0.25, 0.3) is 0 Å². The van der Waals surface area contributed by atoms with Crippen molar-refractivity contribution in [1.29, 1.82) is 0 Å². The van der Waals surface area contributed by atoms with Crippen LogP contribution in [0.4, 0.5) is 16.2 Å². The van der Waals surface area contributed by atoms with Gasteiger partial charge in [0, 0.05) is 36.3 Å². The van der Waals surface area contributed by atoms with Crippen LogP contribution in [-0.4, -0.2) is 30.9 Å². The van der Waals surface area contributed by atoms with Crippen molar-refractivity contribution in [3.05, 3.63) is 36.9 Å². The number of carbonyl (C=O) groups excluding carboxylic acids is 3. The fourth-order valence-corrected chi connectivity index (χ4v) is 1.92. The van der Waals surface area contributed by atoms with Crippen molar-refractivity contribution in [3.8, 4) is 0 Å². The fraction of sp³-hybridized carbons (Fsp3) is 0.421. The number of anilines is 2. The summed E-state index contributed by atoms with van der Waals surface area (Å²) in [4.78, 5) is 35.2. The highest BCUT2D eigenvalue weighted by Crippen LogP contribution is 2.14. The maximum absolute atomic E-state index is 11.9. The molecule has 7 heteroatoms. The summed E-state index contributed by atoms with van der Waals surface area (Å²) in [7, 11) is 0. The number of amides is 4. The van der Waals surface area contributed by atoms with Crippen LogP contribution in [0.1, 0.15) is 33.6 Å². The van der Waals surface area contributed by atoms with Crippen LogP contribution in [0.15, 0.2) is 36.9 Å². The second-order valence-electron chi connectivity index (χ2n) is 6.86. The first-order valence-electron chi connectivity index (χ1n) is 8.56. The van der Waals surface area contributed by atoms with E-state index in [2.05, 4.69) is 27.8 Å². The molecule has 0 aliphatic heterocycles. The van der Waals surface area contributed by atoms with E-state index in [1.54, 1.807) is 30.3 Å². The Morgan fingerprint density at radius 2 is 1.58 bits per heavy atom. The third-order valence-electron chi connectivity index (χ3n) is 3.38. The van der Waals surface area contributed by atoms with E-state index in [0.717, 1.165) is 0 Å². The van der Waals surface area contributed by atoms with Gasteiger partial charge in [0.15, 0.2) is 0 Å². The summed E-state index contributed by atoms with van der Waals surface area (Å²) < 4.78 is 0. The standard InChI is InChI=1S/C19H28N4O3/c1-5-12-21-18(26)23-15-10-8-14(9-11-15)22-16(24)7-6-13-20-17(25)19(2,3)4/h5,8-11H,1,6-7,12-13H2,2-4H3,(H,20,25)(H,22,24)(H2,21,23,26). The minimum absolute atomic E-state index is 0.0295. The zero-order valence-electron chi connectivity index (χ0n) is 15.6. The molecule has 1 aromatic carbocycles. The Morgan fingerprint density at radius 1 is 1.00 bits per heavy atom. The molecule has 0 radical (unpaired) electrons. The summed E-state index contributed by atoms with van der Waals surface area (Å²) >= 11 is 0. The van der Waals surface area contributed by atoms with Crippen molar-refractivity contribution in [2.24, 2.45) is 5.41 Å². The van der Waals surface area contributed by atoms with Crippen LogP contribution in [0, 0.1) is 5.41 Å². The summed E-state index contributed by atoms with van der Waals surface area (Å²) in [5, 5.41) is 10.9. The first-order valence-corrected chi connectivity index (χ1v) is 8.56. The van der Waals surface area contributed by atoms with Gasteiger partial charge in [-0.1, -0.05) is 26.8 Å². The average molecular weight is 360 g/mol. The second-order valence-corrected chi connectivity index (χ2v) is 6.86. The van der Waals surface area contributed by atoms with E-state index in [9.17, 15) is 14.4 Å². The molecule has 0 saturated heterocycles. The molecule has 4 N–H and O–H groups in total. The molecule has 26 heavy (non-hydrogen) atoms. The van der Waals surface area contributed by atoms with E-state index in [1.165, 1.54) is 0 Å². The quantitative estimate of drug-likeness (QED) is 0.424. The van der Waals surface area contributed by atoms with Crippen LogP contribution in [0.5, 0.6) is 0 Å². The Hall–Kier alpha value is -2.83. The van der Waals surface area contributed by atoms with Gasteiger partial charge in [0.2, 0.25) is 11.8 Å². The van der Waals surface area contributed by atoms with Gasteiger partial charge in [-0.25, -0.2) is 4.79 Å². The molecular formula is C19H28N4O3. The molecule has 0 unspecified atom stereocenters. The van der Waals surface area contributed by atoms with Gasteiger partial charge in [-0.15, -0.1) is 6.58 Å². The van der Waals surface area contributed by atoms with Crippen molar-refractivity contribution in [3.63, 3.8) is 0 Å². The Kier molecular flexibility index (Phi) is 8.34. The van der Waals surface area contributed by atoms with Gasteiger partial charge >= 0.3 is 6.03 Å². The molecule has 7 nitrogen and oxygen atoms in total. The number of rotatable bonds is 8. The second kappa shape index (κ2) is 10.2. The van der Waals surface area contributed by atoms with Crippen LogP contribution < -0.4 is 21.3 Å². The molecule has 0 heterocycles. The highest BCUT2D eigenvalue weighted by atomic mass is 16.2. The van der Waals surface area contributed by atoms with Crippen molar-refractivity contribution in [1.82, 2.24) is 10.6 Å². The largest absolute Gasteiger partial charge is 0.356 e. The third-order valence-corrected chi connectivity index (χ3v) is 3.38. The van der Waals surface area contributed by atoms with Crippen LogP contribution in [-0.2, 0) is 9.59 Å². The monoisotopic (exact) mass is 360 g/mol. The topological polar surface area (TPSA) is 99.3 Å². The fourth-order valence-electron chi connectivity index (χ4n) is 1.92. The van der Waals surface area contributed by atoms with Gasteiger partial charge in [-0.3, -0.25) is 9.59 Å². The smallest absolute Gasteiger partial charge is 0.319 e. The molecule has 0 aliphatic rings. The molecular weight excluding hydrogens is 332 g/mol. The predicted octanol–water partition coefficient (Wildman–Crippen LogP) is 2.88. The number of nitrogens with one attached hydrogen (secondary N) is 4. The van der Waals surface area contributed by atoms with Crippen LogP contribution in [0.2, 0.25) is 0 Å². The van der Waals surface area contributed by atoms with E-state index >= 15 is 0 Å². The molecule has 4 amide bonds. The van der Waals surface area contributed by atoms with Crippen molar-refractivity contribution < 1.29 is 14.4 Å². The SMILES string of the molecule is C=CCNC(=O)Nc1ccc(NC(=O)CCCNC(=O)C(C)(C)C)cc1. The van der Waals surface area contributed by atoms with E-state index in [0.29, 0.717) is 37.3 Å². The Morgan fingerprint density at radius 3 is 2.12 bits per heavy atom. The highest BCUT2D eigenvalue weighted by Gasteiger charge is 2.20. The van der Waals surface area contributed by atoms with Gasteiger partial charge in [0.1, 0.15) is 0 Å². The van der Waals surface area contributed by atoms with Crippen molar-refractivity contribution in [2.75, 3.05) is 23.7 Å². The third kappa shape index (κ3) is 8.32. The molecule has 0 saturated carbocycles.